The van der Waals surface area contributed by atoms with Crippen molar-refractivity contribution in [2.45, 2.75) is 19.4 Å². The number of benzene rings is 1. The van der Waals surface area contributed by atoms with Gasteiger partial charge in [-0.3, -0.25) is 9.59 Å². The van der Waals surface area contributed by atoms with E-state index in [1.165, 1.54) is 6.92 Å². The van der Waals surface area contributed by atoms with Crippen LogP contribution < -0.4 is 11.1 Å². The smallest absolute Gasteiger partial charge is 0.254 e. The Kier molecular flexibility index (Phi) is 4.09. The average Bonchev–Trinajstić information content (AvgIpc) is 2.79. The molecule has 0 aliphatic carbocycles. The van der Waals surface area contributed by atoms with Crippen LogP contribution in [0.1, 0.15) is 23.7 Å². The van der Waals surface area contributed by atoms with Gasteiger partial charge in [-0.1, -0.05) is 0 Å². The van der Waals surface area contributed by atoms with Gasteiger partial charge in [0.2, 0.25) is 5.91 Å². The summed E-state index contributed by atoms with van der Waals surface area (Å²) in [7, 11) is 0. The fourth-order valence-electron chi connectivity index (χ4n) is 2.21. The number of carbonyl (C=O) groups excluding carboxylic acids is 2. The van der Waals surface area contributed by atoms with Crippen molar-refractivity contribution in [2.75, 3.05) is 18.8 Å². The molecule has 3 N–H and O–H groups in total. The number of nitrogens with two attached hydrogens (primary N) is 1. The fourth-order valence-corrected chi connectivity index (χ4v) is 2.46. The van der Waals surface area contributed by atoms with Gasteiger partial charge < -0.3 is 16.0 Å². The standard InChI is InChI=1S/C13H16BrN3O2/c1-8(18)16-10-4-5-17(7-10)13(19)9-2-3-11(14)12(15)6-9/h2-3,6,10H,4-5,7,15H2,1H3,(H,16,18). The topological polar surface area (TPSA) is 75.4 Å². The molecule has 2 amide bonds. The summed E-state index contributed by atoms with van der Waals surface area (Å²) < 4.78 is 0.779. The van der Waals surface area contributed by atoms with Crippen molar-refractivity contribution in [3.63, 3.8) is 0 Å². The van der Waals surface area contributed by atoms with E-state index in [2.05, 4.69) is 21.2 Å². The summed E-state index contributed by atoms with van der Waals surface area (Å²) in [5.74, 6) is -0.112. The number of rotatable bonds is 2. The van der Waals surface area contributed by atoms with E-state index in [9.17, 15) is 9.59 Å². The Labute approximate surface area is 120 Å². The number of nitrogen functional groups attached to an aromatic ring is 1. The first-order valence-electron chi connectivity index (χ1n) is 6.09. The van der Waals surface area contributed by atoms with Crippen LogP contribution >= 0.6 is 15.9 Å². The number of likely N-dealkylation sites (tertiary alicyclic amines) is 1. The zero-order chi connectivity index (χ0) is 14.0. The van der Waals surface area contributed by atoms with E-state index >= 15 is 0 Å². The largest absolute Gasteiger partial charge is 0.398 e. The van der Waals surface area contributed by atoms with E-state index in [1.807, 2.05) is 0 Å². The molecule has 1 aromatic carbocycles. The third-order valence-electron chi connectivity index (χ3n) is 3.13. The first kappa shape index (κ1) is 13.9. The number of halogens is 1. The molecule has 0 radical (unpaired) electrons. The summed E-state index contributed by atoms with van der Waals surface area (Å²) in [5, 5.41) is 2.83. The maximum Gasteiger partial charge on any atom is 0.254 e. The molecule has 1 atom stereocenters. The quantitative estimate of drug-likeness (QED) is 0.807. The molecule has 6 heteroatoms. The van der Waals surface area contributed by atoms with Crippen LogP contribution in [0.15, 0.2) is 22.7 Å². The molecule has 0 bridgehead atoms. The van der Waals surface area contributed by atoms with Crippen LogP contribution in [0.2, 0.25) is 0 Å². The van der Waals surface area contributed by atoms with Gasteiger partial charge in [0.05, 0.1) is 0 Å². The van der Waals surface area contributed by atoms with Crippen molar-refractivity contribution in [1.82, 2.24) is 10.2 Å². The Balaban J connectivity index is 2.04. The minimum Gasteiger partial charge on any atom is -0.398 e. The van der Waals surface area contributed by atoms with Crippen molar-refractivity contribution in [2.24, 2.45) is 0 Å². The molecular formula is C13H16BrN3O2. The highest BCUT2D eigenvalue weighted by molar-refractivity contribution is 9.10. The minimum atomic E-state index is -0.0628. The van der Waals surface area contributed by atoms with Crippen LogP contribution in [0.3, 0.4) is 0 Å². The van der Waals surface area contributed by atoms with Gasteiger partial charge in [-0.25, -0.2) is 0 Å². The van der Waals surface area contributed by atoms with Gasteiger partial charge in [-0.2, -0.15) is 0 Å². The van der Waals surface area contributed by atoms with E-state index in [0.29, 0.717) is 24.3 Å². The van der Waals surface area contributed by atoms with Crippen LogP contribution in [0.25, 0.3) is 0 Å². The molecule has 1 aliphatic heterocycles. The van der Waals surface area contributed by atoms with Crippen LogP contribution in [-0.4, -0.2) is 35.8 Å². The van der Waals surface area contributed by atoms with E-state index in [4.69, 9.17) is 5.73 Å². The van der Waals surface area contributed by atoms with Gasteiger partial charge in [0.1, 0.15) is 0 Å². The third kappa shape index (κ3) is 3.26. The highest BCUT2D eigenvalue weighted by Gasteiger charge is 2.27. The third-order valence-corrected chi connectivity index (χ3v) is 3.85. The number of hydrogen-bond acceptors (Lipinski definition) is 3. The highest BCUT2D eigenvalue weighted by Crippen LogP contribution is 2.22. The molecule has 19 heavy (non-hydrogen) atoms. The Morgan fingerprint density at radius 3 is 2.84 bits per heavy atom. The van der Waals surface area contributed by atoms with E-state index < -0.39 is 0 Å². The summed E-state index contributed by atoms with van der Waals surface area (Å²) >= 11 is 3.30. The average molecular weight is 326 g/mol. The van der Waals surface area contributed by atoms with E-state index in [1.54, 1.807) is 23.1 Å². The Hall–Kier alpha value is -1.56. The first-order chi connectivity index (χ1) is 8.97. The highest BCUT2D eigenvalue weighted by atomic mass is 79.9. The van der Waals surface area contributed by atoms with Crippen LogP contribution in [-0.2, 0) is 4.79 Å². The van der Waals surface area contributed by atoms with Crippen molar-refractivity contribution >= 4 is 33.4 Å². The molecule has 102 valence electrons. The SMILES string of the molecule is CC(=O)NC1CCN(C(=O)c2ccc(Br)c(N)c2)C1. The second kappa shape index (κ2) is 5.61. The minimum absolute atomic E-state index is 0.0490. The lowest BCUT2D eigenvalue weighted by atomic mass is 10.2. The Morgan fingerprint density at radius 1 is 1.47 bits per heavy atom. The monoisotopic (exact) mass is 325 g/mol. The number of anilines is 1. The van der Waals surface area contributed by atoms with Gasteiger partial charge in [-0.05, 0) is 40.5 Å². The van der Waals surface area contributed by atoms with Gasteiger partial charge in [0.15, 0.2) is 0 Å². The van der Waals surface area contributed by atoms with E-state index in [0.717, 1.165) is 10.9 Å². The summed E-state index contributed by atoms with van der Waals surface area (Å²) in [5.41, 5.74) is 6.89. The molecule has 1 aliphatic rings. The molecule has 0 aromatic heterocycles. The molecule has 1 unspecified atom stereocenters. The fraction of sp³-hybridized carbons (Fsp3) is 0.385. The summed E-state index contributed by atoms with van der Waals surface area (Å²) in [4.78, 5) is 25.0. The Bertz CT molecular complexity index is 519. The second-order valence-electron chi connectivity index (χ2n) is 4.67. The lowest BCUT2D eigenvalue weighted by molar-refractivity contribution is -0.119. The molecule has 0 spiro atoms. The zero-order valence-corrected chi connectivity index (χ0v) is 12.2. The molecule has 1 fully saturated rings. The Morgan fingerprint density at radius 2 is 2.21 bits per heavy atom. The zero-order valence-electron chi connectivity index (χ0n) is 10.6. The van der Waals surface area contributed by atoms with Crippen LogP contribution in [0.5, 0.6) is 0 Å². The van der Waals surface area contributed by atoms with Crippen molar-refractivity contribution in [3.8, 4) is 0 Å². The van der Waals surface area contributed by atoms with Crippen molar-refractivity contribution in [3.05, 3.63) is 28.2 Å². The molecule has 1 saturated heterocycles. The van der Waals surface area contributed by atoms with E-state index in [-0.39, 0.29) is 17.9 Å². The molecule has 5 nitrogen and oxygen atoms in total. The normalized spacial score (nSPS) is 18.4. The lowest BCUT2D eigenvalue weighted by Gasteiger charge is -2.17. The maximum absolute atomic E-state index is 12.3. The summed E-state index contributed by atoms with van der Waals surface area (Å²) in [6.45, 7) is 2.69. The van der Waals surface area contributed by atoms with Gasteiger partial charge in [0, 0.05) is 41.8 Å². The molecule has 1 heterocycles. The second-order valence-corrected chi connectivity index (χ2v) is 5.53. The predicted octanol–water partition coefficient (Wildman–Crippen LogP) is 1.38. The lowest BCUT2D eigenvalue weighted by Crippen LogP contribution is -2.37. The predicted molar refractivity (Wildman–Crippen MR) is 76.7 cm³/mol. The van der Waals surface area contributed by atoms with Crippen molar-refractivity contribution in [1.29, 1.82) is 0 Å². The van der Waals surface area contributed by atoms with Gasteiger partial charge in [0.25, 0.3) is 5.91 Å². The molecule has 1 aromatic rings. The molecule has 2 rings (SSSR count). The van der Waals surface area contributed by atoms with Crippen LogP contribution in [0, 0.1) is 0 Å². The number of carbonyl (C=O) groups is 2. The number of hydrogen-bond donors (Lipinski definition) is 2. The molecular weight excluding hydrogens is 310 g/mol. The number of nitrogens with zero attached hydrogens (tertiary/aromatic N) is 1. The number of amides is 2. The van der Waals surface area contributed by atoms with Crippen molar-refractivity contribution < 1.29 is 9.59 Å². The molecule has 0 saturated carbocycles. The summed E-state index contributed by atoms with van der Waals surface area (Å²) in [6.07, 6.45) is 0.789. The van der Waals surface area contributed by atoms with Crippen LogP contribution in [0.4, 0.5) is 5.69 Å². The number of nitrogens with one attached hydrogen (secondary N) is 1. The van der Waals surface area contributed by atoms with Gasteiger partial charge >= 0.3 is 0 Å². The summed E-state index contributed by atoms with van der Waals surface area (Å²) in [6, 6.07) is 5.23. The maximum atomic E-state index is 12.3. The first-order valence-corrected chi connectivity index (χ1v) is 6.88. The van der Waals surface area contributed by atoms with Gasteiger partial charge in [-0.15, -0.1) is 0 Å².